The maximum atomic E-state index is 13.7. The summed E-state index contributed by atoms with van der Waals surface area (Å²) >= 11 is 0. The fourth-order valence-electron chi connectivity index (χ4n) is 3.58. The Balaban J connectivity index is 2.32. The topological polar surface area (TPSA) is 94.3 Å². The van der Waals surface area contributed by atoms with Crippen molar-refractivity contribution in [3.8, 4) is 5.75 Å². The number of rotatable bonds is 8. The minimum absolute atomic E-state index is 0.0605. The second-order valence-electron chi connectivity index (χ2n) is 11.0. The number of nitrogens with zero attached hydrogens (tertiary/aromatic N) is 2. The summed E-state index contributed by atoms with van der Waals surface area (Å²) in [7, 11) is -0.311. The SMILES string of the molecule is C=CCOC(=O)N(C)C[C@@H]1Oc2ccc(N)cc2C(=O)N([C@H](C)CO[Si](C)(C)C(C)(C)C)C[C@H]1C. The van der Waals surface area contributed by atoms with Crippen molar-refractivity contribution in [2.45, 2.75) is 64.9 Å². The zero-order chi connectivity index (χ0) is 26.6. The van der Waals surface area contributed by atoms with Crippen molar-refractivity contribution in [2.75, 3.05) is 39.1 Å². The number of carbonyl (C=O) groups is 2. The second kappa shape index (κ2) is 11.5. The van der Waals surface area contributed by atoms with Gasteiger partial charge in [0, 0.05) is 25.2 Å². The summed E-state index contributed by atoms with van der Waals surface area (Å²) in [6, 6.07) is 4.94. The molecule has 0 spiro atoms. The van der Waals surface area contributed by atoms with E-state index in [0.29, 0.717) is 36.7 Å². The minimum atomic E-state index is -1.98. The predicted molar refractivity (Wildman–Crippen MR) is 142 cm³/mol. The Labute approximate surface area is 211 Å². The number of ether oxygens (including phenoxy) is 2. The molecule has 1 aromatic carbocycles. The molecular formula is C26H43N3O5Si. The van der Waals surface area contributed by atoms with Gasteiger partial charge in [-0.2, -0.15) is 0 Å². The summed E-state index contributed by atoms with van der Waals surface area (Å²) in [5.41, 5.74) is 6.93. The van der Waals surface area contributed by atoms with Crippen molar-refractivity contribution >= 4 is 26.0 Å². The molecule has 0 saturated carbocycles. The Morgan fingerprint density at radius 2 is 2.06 bits per heavy atom. The average molecular weight is 506 g/mol. The number of nitrogen functional groups attached to an aromatic ring is 1. The number of amides is 2. The lowest BCUT2D eigenvalue weighted by molar-refractivity contribution is 0.0338. The summed E-state index contributed by atoms with van der Waals surface area (Å²) in [6.45, 7) is 20.0. The smallest absolute Gasteiger partial charge is 0.409 e. The summed E-state index contributed by atoms with van der Waals surface area (Å²) in [6.07, 6.45) is 0.713. The van der Waals surface area contributed by atoms with Gasteiger partial charge in [-0.1, -0.05) is 40.3 Å². The molecule has 3 atom stereocenters. The van der Waals surface area contributed by atoms with Crippen LogP contribution >= 0.6 is 0 Å². The maximum Gasteiger partial charge on any atom is 0.409 e. The first-order valence-corrected chi connectivity index (χ1v) is 15.1. The molecule has 0 saturated heterocycles. The van der Waals surface area contributed by atoms with Gasteiger partial charge in [-0.3, -0.25) is 4.79 Å². The van der Waals surface area contributed by atoms with Crippen LogP contribution in [0, 0.1) is 5.92 Å². The number of carbonyl (C=O) groups excluding carboxylic acids is 2. The van der Waals surface area contributed by atoms with E-state index in [-0.39, 0.29) is 35.6 Å². The zero-order valence-corrected chi connectivity index (χ0v) is 23.6. The lowest BCUT2D eigenvalue weighted by atomic mass is 9.99. The van der Waals surface area contributed by atoms with Gasteiger partial charge in [0.25, 0.3) is 5.91 Å². The first-order valence-electron chi connectivity index (χ1n) is 12.2. The van der Waals surface area contributed by atoms with Crippen LogP contribution < -0.4 is 10.5 Å². The van der Waals surface area contributed by atoms with Gasteiger partial charge in [0.05, 0.1) is 24.8 Å². The Morgan fingerprint density at radius 1 is 1.40 bits per heavy atom. The van der Waals surface area contributed by atoms with Gasteiger partial charge in [0.15, 0.2) is 8.32 Å². The summed E-state index contributed by atoms with van der Waals surface area (Å²) in [5.74, 6) is 0.258. The lowest BCUT2D eigenvalue weighted by Crippen LogP contribution is -2.52. The van der Waals surface area contributed by atoms with Crippen molar-refractivity contribution < 1.29 is 23.5 Å². The Bertz CT molecular complexity index is 915. The van der Waals surface area contributed by atoms with Crippen LogP contribution in [0.2, 0.25) is 18.1 Å². The maximum absolute atomic E-state index is 13.7. The average Bonchev–Trinajstić information content (AvgIpc) is 2.77. The molecule has 0 bridgehead atoms. The van der Waals surface area contributed by atoms with Crippen molar-refractivity contribution in [1.82, 2.24) is 9.80 Å². The van der Waals surface area contributed by atoms with Crippen LogP contribution in [-0.4, -0.2) is 75.6 Å². The van der Waals surface area contributed by atoms with Crippen molar-refractivity contribution in [3.63, 3.8) is 0 Å². The molecule has 8 nitrogen and oxygen atoms in total. The van der Waals surface area contributed by atoms with Crippen LogP contribution in [0.25, 0.3) is 0 Å². The van der Waals surface area contributed by atoms with Crippen LogP contribution in [0.4, 0.5) is 10.5 Å². The molecule has 2 N–H and O–H groups in total. The van der Waals surface area contributed by atoms with Crippen LogP contribution in [0.5, 0.6) is 5.75 Å². The Kier molecular flexibility index (Phi) is 9.41. The van der Waals surface area contributed by atoms with Gasteiger partial charge in [0.2, 0.25) is 0 Å². The molecule has 0 fully saturated rings. The largest absolute Gasteiger partial charge is 0.487 e. The van der Waals surface area contributed by atoms with E-state index in [1.54, 1.807) is 25.2 Å². The van der Waals surface area contributed by atoms with Crippen molar-refractivity contribution in [2.24, 2.45) is 5.92 Å². The highest BCUT2D eigenvalue weighted by molar-refractivity contribution is 6.74. The van der Waals surface area contributed by atoms with Crippen LogP contribution in [-0.2, 0) is 9.16 Å². The molecule has 1 aliphatic heterocycles. The number of anilines is 1. The second-order valence-corrected chi connectivity index (χ2v) is 15.8. The van der Waals surface area contributed by atoms with Crippen molar-refractivity contribution in [3.05, 3.63) is 36.4 Å². The lowest BCUT2D eigenvalue weighted by Gasteiger charge is -2.41. The molecule has 1 heterocycles. The first-order chi connectivity index (χ1) is 16.2. The van der Waals surface area contributed by atoms with E-state index in [2.05, 4.69) is 40.4 Å². The number of fused-ring (bicyclic) bond motifs is 1. The Hall–Kier alpha value is -2.52. The third kappa shape index (κ3) is 7.24. The van der Waals surface area contributed by atoms with E-state index in [1.165, 1.54) is 11.0 Å². The molecule has 2 rings (SSSR count). The van der Waals surface area contributed by atoms with Gasteiger partial charge >= 0.3 is 6.09 Å². The molecular weight excluding hydrogens is 462 g/mol. The minimum Gasteiger partial charge on any atom is -0.487 e. The standard InChI is InChI=1S/C26H43N3O5Si/c1-10-13-32-25(31)28(7)16-23-18(2)15-29(19(3)17-33-35(8,9)26(4,5)6)24(30)21-14-20(27)11-12-22(21)34-23/h10-12,14,18-19,23H,1,13,15-17,27H2,2-9H3/t18-,19-,23+/m1/s1. The van der Waals surface area contributed by atoms with E-state index in [1.807, 2.05) is 18.7 Å². The van der Waals surface area contributed by atoms with Gasteiger partial charge in [-0.25, -0.2) is 4.79 Å². The highest BCUT2D eigenvalue weighted by atomic mass is 28.4. The number of likely N-dealkylation sites (N-methyl/N-ethyl adjacent to an activating group) is 1. The zero-order valence-electron chi connectivity index (χ0n) is 22.6. The van der Waals surface area contributed by atoms with E-state index in [0.717, 1.165) is 0 Å². The monoisotopic (exact) mass is 505 g/mol. The molecule has 0 aromatic heterocycles. The summed E-state index contributed by atoms with van der Waals surface area (Å²) in [4.78, 5) is 29.3. The fraction of sp³-hybridized carbons (Fsp3) is 0.615. The highest BCUT2D eigenvalue weighted by Gasteiger charge is 2.39. The van der Waals surface area contributed by atoms with Crippen LogP contribution in [0.15, 0.2) is 30.9 Å². The Morgan fingerprint density at radius 3 is 2.66 bits per heavy atom. The molecule has 196 valence electrons. The number of hydrogen-bond donors (Lipinski definition) is 1. The molecule has 1 aromatic rings. The molecule has 0 aliphatic carbocycles. The number of nitrogens with two attached hydrogens (primary N) is 1. The molecule has 0 radical (unpaired) electrons. The third-order valence-electron chi connectivity index (χ3n) is 7.01. The van der Waals surface area contributed by atoms with E-state index >= 15 is 0 Å². The van der Waals surface area contributed by atoms with E-state index in [4.69, 9.17) is 19.6 Å². The quantitative estimate of drug-likeness (QED) is 0.311. The molecule has 1 aliphatic rings. The van der Waals surface area contributed by atoms with E-state index < -0.39 is 14.4 Å². The molecule has 2 amide bonds. The first kappa shape index (κ1) is 28.7. The highest BCUT2D eigenvalue weighted by Crippen LogP contribution is 2.37. The van der Waals surface area contributed by atoms with Gasteiger partial charge in [-0.05, 0) is 43.3 Å². The fourth-order valence-corrected chi connectivity index (χ4v) is 4.67. The van der Waals surface area contributed by atoms with Gasteiger partial charge in [-0.15, -0.1) is 0 Å². The summed E-state index contributed by atoms with van der Waals surface area (Å²) < 4.78 is 17.9. The third-order valence-corrected chi connectivity index (χ3v) is 11.5. The molecule has 9 heteroatoms. The predicted octanol–water partition coefficient (Wildman–Crippen LogP) is 4.77. The number of hydrogen-bond acceptors (Lipinski definition) is 6. The summed E-state index contributed by atoms with van der Waals surface area (Å²) in [5, 5.41) is 0.0745. The van der Waals surface area contributed by atoms with Gasteiger partial charge in [0.1, 0.15) is 18.5 Å². The van der Waals surface area contributed by atoms with Gasteiger partial charge < -0.3 is 29.4 Å². The van der Waals surface area contributed by atoms with E-state index in [9.17, 15) is 9.59 Å². The molecule has 0 unspecified atom stereocenters. The normalized spacial score (nSPS) is 19.7. The van der Waals surface area contributed by atoms with Crippen LogP contribution in [0.3, 0.4) is 0 Å². The number of benzene rings is 1. The van der Waals surface area contributed by atoms with Crippen molar-refractivity contribution in [1.29, 1.82) is 0 Å². The van der Waals surface area contributed by atoms with Crippen LogP contribution in [0.1, 0.15) is 45.0 Å². The molecule has 35 heavy (non-hydrogen) atoms.